The van der Waals surface area contributed by atoms with Gasteiger partial charge in [-0.25, -0.2) is 14.3 Å². The molecular formula is C22H19Cl3F3N5O4. The molecule has 1 unspecified atom stereocenters. The maximum atomic E-state index is 12.9. The van der Waals surface area contributed by atoms with E-state index in [9.17, 15) is 27.6 Å². The minimum absolute atomic E-state index is 0.0827. The average Bonchev–Trinajstić information content (AvgIpc) is 3.12. The van der Waals surface area contributed by atoms with Gasteiger partial charge >= 0.3 is 18.0 Å². The van der Waals surface area contributed by atoms with Gasteiger partial charge in [-0.15, -0.1) is 5.10 Å². The van der Waals surface area contributed by atoms with Crippen LogP contribution in [0.15, 0.2) is 47.3 Å². The molecule has 0 aliphatic heterocycles. The van der Waals surface area contributed by atoms with Crippen LogP contribution in [0.1, 0.15) is 18.0 Å². The van der Waals surface area contributed by atoms with Gasteiger partial charge in [-0.05, 0) is 35.9 Å². The van der Waals surface area contributed by atoms with Crippen molar-refractivity contribution in [2.75, 3.05) is 6.54 Å². The van der Waals surface area contributed by atoms with E-state index in [0.717, 1.165) is 9.25 Å². The fraction of sp³-hybridized carbons (Fsp3) is 0.273. The zero-order valence-electron chi connectivity index (χ0n) is 18.7. The third-order valence-corrected chi connectivity index (χ3v) is 6.17. The number of aromatic nitrogens is 3. The molecule has 0 bridgehead atoms. The van der Waals surface area contributed by atoms with E-state index in [-0.39, 0.29) is 22.4 Å². The molecule has 1 heterocycles. The molecule has 9 nitrogen and oxygen atoms in total. The number of benzene rings is 2. The first-order chi connectivity index (χ1) is 17.4. The Morgan fingerprint density at radius 2 is 1.76 bits per heavy atom. The van der Waals surface area contributed by atoms with E-state index in [0.29, 0.717) is 16.1 Å². The number of carbonyl (C=O) groups excluding carboxylic acids is 1. The lowest BCUT2D eigenvalue weighted by Gasteiger charge is -2.20. The summed E-state index contributed by atoms with van der Waals surface area (Å²) in [6.07, 6.45) is -7.18. The van der Waals surface area contributed by atoms with Crippen LogP contribution >= 0.6 is 34.8 Å². The zero-order valence-corrected chi connectivity index (χ0v) is 21.0. The zero-order chi connectivity index (χ0) is 27.3. The molecular weight excluding hydrogens is 562 g/mol. The largest absolute Gasteiger partial charge is 0.465 e. The van der Waals surface area contributed by atoms with Crippen LogP contribution in [-0.2, 0) is 17.9 Å². The van der Waals surface area contributed by atoms with E-state index in [2.05, 4.69) is 15.7 Å². The highest BCUT2D eigenvalue weighted by Crippen LogP contribution is 2.30. The minimum atomic E-state index is -4.53. The molecule has 0 aliphatic carbocycles. The lowest BCUT2D eigenvalue weighted by molar-refractivity contribution is -0.136. The Balaban J connectivity index is 1.90. The summed E-state index contributed by atoms with van der Waals surface area (Å²) in [4.78, 5) is 36.8. The van der Waals surface area contributed by atoms with Crippen LogP contribution in [0.2, 0.25) is 15.1 Å². The van der Waals surface area contributed by atoms with Gasteiger partial charge in [0.15, 0.2) is 5.82 Å². The standard InChI is InChI=1S/C22H19Cl3F3N5O4/c23-13-6-4-12(5-7-13)19-31-33(21(37)32(19)9-8-22(26,27)28)11-17(34)30-16(10-29-20(35)36)14-2-1-3-15(24)18(14)25/h1-7,16,29H,8-11H2,(H,30,34)(H,35,36). The third-order valence-electron chi connectivity index (χ3n) is 5.09. The summed E-state index contributed by atoms with van der Waals surface area (Å²) in [5.74, 6) is -0.862. The highest BCUT2D eigenvalue weighted by molar-refractivity contribution is 6.42. The van der Waals surface area contributed by atoms with Gasteiger partial charge < -0.3 is 15.7 Å². The highest BCUT2D eigenvalue weighted by atomic mass is 35.5. The van der Waals surface area contributed by atoms with Crippen molar-refractivity contribution < 1.29 is 27.9 Å². The van der Waals surface area contributed by atoms with Crippen LogP contribution in [0.4, 0.5) is 18.0 Å². The number of nitrogens with zero attached hydrogens (tertiary/aromatic N) is 3. The molecule has 3 N–H and O–H groups in total. The second-order valence-electron chi connectivity index (χ2n) is 7.74. The predicted octanol–water partition coefficient (Wildman–Crippen LogP) is 4.75. The molecule has 3 rings (SSSR count). The number of carboxylic acid groups (broad SMARTS) is 1. The Morgan fingerprint density at radius 1 is 1.08 bits per heavy atom. The van der Waals surface area contributed by atoms with E-state index < -0.39 is 49.4 Å². The molecule has 0 spiro atoms. The number of amides is 2. The van der Waals surface area contributed by atoms with Crippen LogP contribution in [0.5, 0.6) is 0 Å². The quantitative estimate of drug-likeness (QED) is 0.338. The van der Waals surface area contributed by atoms with E-state index in [1.54, 1.807) is 6.07 Å². The Kier molecular flexibility index (Phi) is 9.11. The molecule has 1 atom stereocenters. The van der Waals surface area contributed by atoms with Gasteiger partial charge in [-0.3, -0.25) is 9.36 Å². The van der Waals surface area contributed by atoms with Crippen molar-refractivity contribution in [3.8, 4) is 11.4 Å². The highest BCUT2D eigenvalue weighted by Gasteiger charge is 2.29. The maximum Gasteiger partial charge on any atom is 0.404 e. The smallest absolute Gasteiger partial charge is 0.404 e. The van der Waals surface area contributed by atoms with Crippen LogP contribution in [0.25, 0.3) is 11.4 Å². The van der Waals surface area contributed by atoms with E-state index in [1.165, 1.54) is 36.4 Å². The van der Waals surface area contributed by atoms with E-state index >= 15 is 0 Å². The topological polar surface area (TPSA) is 118 Å². The Labute approximate surface area is 222 Å². The molecule has 198 valence electrons. The van der Waals surface area contributed by atoms with Gasteiger partial charge in [0.2, 0.25) is 5.91 Å². The maximum absolute atomic E-state index is 12.9. The molecule has 0 radical (unpaired) electrons. The SMILES string of the molecule is O=C(O)NCC(NC(=O)Cn1nc(-c2ccc(Cl)cc2)n(CCC(F)(F)F)c1=O)c1cccc(Cl)c1Cl. The lowest BCUT2D eigenvalue weighted by atomic mass is 10.1. The van der Waals surface area contributed by atoms with Crippen molar-refractivity contribution in [2.45, 2.75) is 31.7 Å². The molecule has 2 aromatic carbocycles. The minimum Gasteiger partial charge on any atom is -0.465 e. The van der Waals surface area contributed by atoms with Crippen LogP contribution in [0.3, 0.4) is 0 Å². The van der Waals surface area contributed by atoms with Crippen molar-refractivity contribution in [2.24, 2.45) is 0 Å². The molecule has 1 aromatic heterocycles. The van der Waals surface area contributed by atoms with Crippen LogP contribution in [-0.4, -0.2) is 44.2 Å². The first kappa shape index (κ1) is 28.4. The Morgan fingerprint density at radius 3 is 2.38 bits per heavy atom. The lowest BCUT2D eigenvalue weighted by Crippen LogP contribution is -2.40. The summed E-state index contributed by atoms with van der Waals surface area (Å²) in [7, 11) is 0. The number of carbonyl (C=O) groups is 2. The van der Waals surface area contributed by atoms with Gasteiger partial charge in [0, 0.05) is 23.7 Å². The van der Waals surface area contributed by atoms with Gasteiger partial charge in [0.05, 0.1) is 22.5 Å². The van der Waals surface area contributed by atoms with Crippen LogP contribution in [0, 0.1) is 0 Å². The number of alkyl halides is 3. The van der Waals surface area contributed by atoms with Crippen molar-refractivity contribution in [1.82, 2.24) is 25.0 Å². The number of hydrogen-bond donors (Lipinski definition) is 3. The van der Waals surface area contributed by atoms with Crippen molar-refractivity contribution >= 4 is 46.8 Å². The van der Waals surface area contributed by atoms with Gasteiger partial charge in [-0.1, -0.05) is 46.9 Å². The summed E-state index contributed by atoms with van der Waals surface area (Å²) in [5, 5.41) is 18.4. The van der Waals surface area contributed by atoms with Crippen LogP contribution < -0.4 is 16.3 Å². The summed E-state index contributed by atoms with van der Waals surface area (Å²) in [6, 6.07) is 9.52. The number of nitrogens with one attached hydrogen (secondary N) is 2. The average molecular weight is 581 g/mol. The van der Waals surface area contributed by atoms with Gasteiger partial charge in [0.25, 0.3) is 0 Å². The fourth-order valence-electron chi connectivity index (χ4n) is 3.39. The molecule has 3 aromatic rings. The first-order valence-corrected chi connectivity index (χ1v) is 11.7. The molecule has 0 saturated carbocycles. The van der Waals surface area contributed by atoms with Crippen molar-refractivity contribution in [3.63, 3.8) is 0 Å². The van der Waals surface area contributed by atoms with Gasteiger partial charge in [0.1, 0.15) is 6.54 Å². The third kappa shape index (κ3) is 7.63. The first-order valence-electron chi connectivity index (χ1n) is 10.6. The Bertz CT molecular complexity index is 1340. The summed E-state index contributed by atoms with van der Waals surface area (Å²) >= 11 is 18.1. The molecule has 2 amide bonds. The van der Waals surface area contributed by atoms with E-state index in [4.69, 9.17) is 39.9 Å². The normalized spacial score (nSPS) is 12.3. The second-order valence-corrected chi connectivity index (χ2v) is 8.96. The van der Waals surface area contributed by atoms with Gasteiger partial charge in [-0.2, -0.15) is 13.2 Å². The van der Waals surface area contributed by atoms with Crippen molar-refractivity contribution in [3.05, 3.63) is 73.6 Å². The van der Waals surface area contributed by atoms with E-state index in [1.807, 2.05) is 0 Å². The summed E-state index contributed by atoms with van der Waals surface area (Å²) in [5.41, 5.74) is -0.316. The predicted molar refractivity (Wildman–Crippen MR) is 131 cm³/mol. The molecule has 37 heavy (non-hydrogen) atoms. The van der Waals surface area contributed by atoms with Crippen molar-refractivity contribution in [1.29, 1.82) is 0 Å². The summed E-state index contributed by atoms with van der Waals surface area (Å²) in [6.45, 7) is -1.67. The molecule has 0 aliphatic rings. The second kappa shape index (κ2) is 11.9. The molecule has 15 heteroatoms. The number of hydrogen-bond acceptors (Lipinski definition) is 4. The summed E-state index contributed by atoms with van der Waals surface area (Å²) < 4.78 is 40.2. The molecule has 0 fully saturated rings. The Hall–Kier alpha value is -3.22. The fourth-order valence-corrected chi connectivity index (χ4v) is 3.96. The monoisotopic (exact) mass is 579 g/mol. The number of halogens is 6. The number of rotatable bonds is 9. The molecule has 0 saturated heterocycles.